The first kappa shape index (κ1) is 21.0. The summed E-state index contributed by atoms with van der Waals surface area (Å²) >= 11 is 0. The molecule has 6 aromatic rings. The Labute approximate surface area is 198 Å². The normalized spacial score (nSPS) is 11.5. The second kappa shape index (κ2) is 8.35. The van der Waals surface area contributed by atoms with Crippen molar-refractivity contribution in [2.45, 2.75) is 13.0 Å². The number of rotatable bonds is 6. The van der Waals surface area contributed by atoms with Crippen molar-refractivity contribution in [2.75, 3.05) is 0 Å². The molecule has 0 aliphatic rings. The molecule has 0 saturated heterocycles. The van der Waals surface area contributed by atoms with Gasteiger partial charge in [-0.3, -0.25) is 4.68 Å². The topological polar surface area (TPSA) is 84.4 Å². The zero-order valence-electron chi connectivity index (χ0n) is 18.7. The second-order valence-corrected chi connectivity index (χ2v) is 8.38. The largest absolute Gasteiger partial charge is 0.483 e. The fourth-order valence-corrected chi connectivity index (χ4v) is 4.17. The lowest BCUT2D eigenvalue weighted by molar-refractivity contribution is 0.280. The summed E-state index contributed by atoms with van der Waals surface area (Å²) in [6.45, 7) is -0.00434. The van der Waals surface area contributed by atoms with E-state index in [1.165, 1.54) is 6.07 Å². The fourth-order valence-electron chi connectivity index (χ4n) is 4.17. The van der Waals surface area contributed by atoms with E-state index in [4.69, 9.17) is 4.74 Å². The minimum absolute atomic E-state index is 0.00434. The van der Waals surface area contributed by atoms with Crippen LogP contribution in [-0.2, 0) is 20.1 Å². The third-order valence-corrected chi connectivity index (χ3v) is 5.94. The maximum absolute atomic E-state index is 15.0. The Morgan fingerprint density at radius 1 is 1.00 bits per heavy atom. The number of ether oxygens (including phenoxy) is 1. The molecule has 0 bridgehead atoms. The summed E-state index contributed by atoms with van der Waals surface area (Å²) in [6.07, 6.45) is 7.38. The predicted molar refractivity (Wildman–Crippen MR) is 128 cm³/mol. The number of pyridine rings is 1. The average molecular weight is 470 g/mol. The quantitative estimate of drug-likeness (QED) is 0.347. The van der Waals surface area contributed by atoms with Gasteiger partial charge in [0.2, 0.25) is 0 Å². The van der Waals surface area contributed by atoms with Crippen LogP contribution in [-0.4, -0.2) is 29.7 Å². The van der Waals surface area contributed by atoms with E-state index in [0.717, 1.165) is 39.2 Å². The number of benzene rings is 2. The average Bonchev–Trinajstić information content (AvgIpc) is 3.58. The molecule has 4 heterocycles. The molecule has 0 saturated carbocycles. The Hall–Kier alpha value is -4.53. The Morgan fingerprint density at radius 2 is 1.89 bits per heavy atom. The monoisotopic (exact) mass is 470 g/mol. The lowest BCUT2D eigenvalue weighted by atomic mass is 10.0. The van der Waals surface area contributed by atoms with E-state index in [0.29, 0.717) is 11.5 Å². The maximum Gasteiger partial charge on any atom is 0.165 e. The van der Waals surface area contributed by atoms with Crippen LogP contribution in [0.15, 0.2) is 67.3 Å². The molecule has 9 heteroatoms. The molecule has 0 fully saturated rings. The van der Waals surface area contributed by atoms with Crippen LogP contribution < -0.4 is 4.74 Å². The van der Waals surface area contributed by atoms with Gasteiger partial charge in [0, 0.05) is 54.6 Å². The van der Waals surface area contributed by atoms with Crippen LogP contribution in [0.4, 0.5) is 8.78 Å². The first-order valence-corrected chi connectivity index (χ1v) is 11.0. The summed E-state index contributed by atoms with van der Waals surface area (Å²) in [5.41, 5.74) is 5.18. The number of imidazole rings is 1. The minimum Gasteiger partial charge on any atom is -0.483 e. The molecule has 35 heavy (non-hydrogen) atoms. The van der Waals surface area contributed by atoms with Crippen LogP contribution in [0.25, 0.3) is 33.2 Å². The highest BCUT2D eigenvalue weighted by atomic mass is 19.1. The van der Waals surface area contributed by atoms with Crippen molar-refractivity contribution in [2.24, 2.45) is 7.05 Å². The van der Waals surface area contributed by atoms with Gasteiger partial charge in [-0.05, 0) is 35.4 Å². The number of aromatic amines is 2. The molecule has 0 amide bonds. The lowest BCUT2D eigenvalue weighted by Gasteiger charge is -2.09. The van der Waals surface area contributed by atoms with Crippen LogP contribution in [0.2, 0.25) is 0 Å². The summed E-state index contributed by atoms with van der Waals surface area (Å²) in [5.74, 6) is -0.805. The Kier molecular flexibility index (Phi) is 5.02. The smallest absolute Gasteiger partial charge is 0.165 e. The van der Waals surface area contributed by atoms with Gasteiger partial charge in [0.15, 0.2) is 11.6 Å². The third kappa shape index (κ3) is 4.01. The number of hydrogen-bond acceptors (Lipinski definition) is 4. The third-order valence-electron chi connectivity index (χ3n) is 5.94. The number of fused-ring (bicyclic) bond motifs is 2. The molecule has 0 aliphatic carbocycles. The lowest BCUT2D eigenvalue weighted by Crippen LogP contribution is -2.02. The van der Waals surface area contributed by atoms with Gasteiger partial charge >= 0.3 is 0 Å². The van der Waals surface area contributed by atoms with Crippen molar-refractivity contribution in [3.63, 3.8) is 0 Å². The van der Waals surface area contributed by atoms with Crippen molar-refractivity contribution in [3.05, 3.63) is 95.8 Å². The molecule has 0 spiro atoms. The summed E-state index contributed by atoms with van der Waals surface area (Å²) in [7, 11) is 1.85. The van der Waals surface area contributed by atoms with E-state index in [1.807, 2.05) is 43.6 Å². The number of aromatic nitrogens is 6. The SMILES string of the molecule is Cn1cc(-c2cnc3[nH]cc(Cc4cc(F)c(OCc5nc6ccccc6[nH]5)cc4F)c3c2)cn1. The van der Waals surface area contributed by atoms with E-state index < -0.39 is 11.6 Å². The number of aryl methyl sites for hydroxylation is 1. The first-order valence-electron chi connectivity index (χ1n) is 11.0. The van der Waals surface area contributed by atoms with Gasteiger partial charge in [0.25, 0.3) is 0 Å². The summed E-state index contributed by atoms with van der Waals surface area (Å²) < 4.78 is 37.0. The van der Waals surface area contributed by atoms with Crippen LogP contribution in [0.1, 0.15) is 17.0 Å². The number of H-pyrrole nitrogens is 2. The van der Waals surface area contributed by atoms with Crippen molar-refractivity contribution in [3.8, 4) is 16.9 Å². The molecular weight excluding hydrogens is 450 g/mol. The number of para-hydroxylation sites is 2. The molecule has 2 N–H and O–H groups in total. The van der Waals surface area contributed by atoms with Gasteiger partial charge < -0.3 is 14.7 Å². The molecule has 0 aliphatic heterocycles. The van der Waals surface area contributed by atoms with Crippen molar-refractivity contribution in [1.29, 1.82) is 0 Å². The zero-order chi connectivity index (χ0) is 23.9. The molecular formula is C26H20F2N6O. The molecule has 174 valence electrons. The van der Waals surface area contributed by atoms with Crippen LogP contribution in [0.3, 0.4) is 0 Å². The molecule has 0 atom stereocenters. The van der Waals surface area contributed by atoms with Crippen molar-refractivity contribution < 1.29 is 13.5 Å². The van der Waals surface area contributed by atoms with Crippen molar-refractivity contribution in [1.82, 2.24) is 29.7 Å². The highest BCUT2D eigenvalue weighted by Gasteiger charge is 2.15. The second-order valence-electron chi connectivity index (χ2n) is 8.38. The van der Waals surface area contributed by atoms with E-state index in [2.05, 4.69) is 25.0 Å². The Bertz CT molecular complexity index is 1650. The zero-order valence-corrected chi connectivity index (χ0v) is 18.7. The van der Waals surface area contributed by atoms with Gasteiger partial charge in [-0.25, -0.2) is 18.7 Å². The molecule has 0 radical (unpaired) electrons. The highest BCUT2D eigenvalue weighted by Crippen LogP contribution is 2.29. The van der Waals surface area contributed by atoms with Crippen LogP contribution in [0.5, 0.6) is 5.75 Å². The van der Waals surface area contributed by atoms with E-state index in [-0.39, 0.29) is 24.3 Å². The van der Waals surface area contributed by atoms with Gasteiger partial charge in [-0.1, -0.05) is 12.1 Å². The summed E-state index contributed by atoms with van der Waals surface area (Å²) in [6, 6.07) is 11.8. The summed E-state index contributed by atoms with van der Waals surface area (Å²) in [5, 5.41) is 5.04. The van der Waals surface area contributed by atoms with Gasteiger partial charge in [0.1, 0.15) is 23.9 Å². The fraction of sp³-hybridized carbons (Fsp3) is 0.115. The molecule has 0 unspecified atom stereocenters. The first-order chi connectivity index (χ1) is 17.0. The van der Waals surface area contributed by atoms with Gasteiger partial charge in [-0.2, -0.15) is 5.10 Å². The van der Waals surface area contributed by atoms with Crippen LogP contribution >= 0.6 is 0 Å². The minimum atomic E-state index is -0.633. The van der Waals surface area contributed by atoms with E-state index in [9.17, 15) is 8.78 Å². The predicted octanol–water partition coefficient (Wildman–Crippen LogP) is 5.29. The molecule has 7 nitrogen and oxygen atoms in total. The maximum atomic E-state index is 15.0. The standard InChI is InChI=1S/C26H20F2N6O/c1-34-13-18(12-31-34)16-7-19-17(11-30-26(19)29-10-16)6-15-8-21(28)24(9-20(15)27)35-14-25-32-22-4-2-3-5-23(22)33-25/h2-5,7-13H,6,14H2,1H3,(H,29,30)(H,32,33). The van der Waals surface area contributed by atoms with Crippen molar-refractivity contribution >= 4 is 22.1 Å². The molecule has 2 aromatic carbocycles. The Balaban J connectivity index is 1.24. The van der Waals surface area contributed by atoms with Crippen LogP contribution in [0, 0.1) is 11.6 Å². The highest BCUT2D eigenvalue weighted by molar-refractivity contribution is 5.84. The molecule has 4 aromatic heterocycles. The van der Waals surface area contributed by atoms with Gasteiger partial charge in [-0.15, -0.1) is 0 Å². The Morgan fingerprint density at radius 3 is 2.71 bits per heavy atom. The number of hydrogen-bond donors (Lipinski definition) is 2. The van der Waals surface area contributed by atoms with E-state index >= 15 is 0 Å². The van der Waals surface area contributed by atoms with Gasteiger partial charge in [0.05, 0.1) is 17.2 Å². The number of nitrogens with one attached hydrogen (secondary N) is 2. The molecule has 6 rings (SSSR count). The van der Waals surface area contributed by atoms with E-state index in [1.54, 1.807) is 23.3 Å². The summed E-state index contributed by atoms with van der Waals surface area (Å²) in [4.78, 5) is 15.1. The number of nitrogens with zero attached hydrogens (tertiary/aromatic N) is 4. The number of halogens is 2.